The number of halogens is 1. The van der Waals surface area contributed by atoms with Crippen molar-refractivity contribution in [1.82, 2.24) is 4.98 Å². The fourth-order valence-corrected chi connectivity index (χ4v) is 3.97. The summed E-state index contributed by atoms with van der Waals surface area (Å²) < 4.78 is 5.09. The van der Waals surface area contributed by atoms with E-state index < -0.39 is 0 Å². The number of amides is 2. The van der Waals surface area contributed by atoms with Gasteiger partial charge < -0.3 is 10.1 Å². The third-order valence-corrected chi connectivity index (χ3v) is 5.76. The maximum Gasteiger partial charge on any atom is 0.257 e. The zero-order valence-corrected chi connectivity index (χ0v) is 17.9. The molecule has 2 N–H and O–H groups in total. The van der Waals surface area contributed by atoms with E-state index in [4.69, 9.17) is 16.3 Å². The monoisotopic (exact) mass is 447 g/mol. The van der Waals surface area contributed by atoms with E-state index in [1.54, 1.807) is 55.6 Å². The van der Waals surface area contributed by atoms with Gasteiger partial charge in [-0.2, -0.15) is 0 Å². The second kappa shape index (κ2) is 10.3. The molecule has 0 atom stereocenters. The largest absolute Gasteiger partial charge is 0.497 e. The molecule has 3 aromatic rings. The average Bonchev–Trinajstić information content (AvgIpc) is 3.16. The van der Waals surface area contributed by atoms with Crippen LogP contribution in [0.5, 0.6) is 5.75 Å². The van der Waals surface area contributed by atoms with Crippen LogP contribution in [0.4, 0.5) is 10.8 Å². The molecule has 2 aromatic carbocycles. The van der Waals surface area contributed by atoms with Crippen LogP contribution in [0.25, 0.3) is 0 Å². The highest BCUT2D eigenvalue weighted by Crippen LogP contribution is 2.21. The molecule has 0 saturated carbocycles. The summed E-state index contributed by atoms with van der Waals surface area (Å²) in [6.07, 6.45) is 0. The van der Waals surface area contributed by atoms with Gasteiger partial charge >= 0.3 is 0 Å². The summed E-state index contributed by atoms with van der Waals surface area (Å²) in [5.74, 6) is 1.28. The molecule has 1 aromatic heterocycles. The van der Waals surface area contributed by atoms with Gasteiger partial charge in [-0.25, -0.2) is 4.98 Å². The van der Waals surface area contributed by atoms with Gasteiger partial charge in [-0.05, 0) is 48.5 Å². The van der Waals surface area contributed by atoms with Gasteiger partial charge in [0.2, 0.25) is 5.91 Å². The standard InChI is InChI=1S/C20H18ClN3O3S2/c1-27-17-8-6-15(7-9-17)22-18(25)12-28-10-16-11-29-20(23-16)24-19(26)13-2-4-14(21)5-3-13/h2-9,11H,10,12H2,1H3,(H,22,25)(H,23,24,26). The van der Waals surface area contributed by atoms with Crippen molar-refractivity contribution in [3.05, 3.63) is 70.2 Å². The summed E-state index contributed by atoms with van der Waals surface area (Å²) in [6.45, 7) is 0. The van der Waals surface area contributed by atoms with Crippen LogP contribution in [0.1, 0.15) is 16.1 Å². The zero-order chi connectivity index (χ0) is 20.6. The van der Waals surface area contributed by atoms with Crippen LogP contribution in [-0.2, 0) is 10.5 Å². The lowest BCUT2D eigenvalue weighted by Gasteiger charge is -2.06. The first-order valence-electron chi connectivity index (χ1n) is 8.56. The van der Waals surface area contributed by atoms with Crippen molar-refractivity contribution in [2.45, 2.75) is 5.75 Å². The molecule has 0 radical (unpaired) electrons. The van der Waals surface area contributed by atoms with Gasteiger partial charge in [0.25, 0.3) is 5.91 Å². The average molecular weight is 448 g/mol. The van der Waals surface area contributed by atoms with E-state index in [0.29, 0.717) is 27.2 Å². The van der Waals surface area contributed by atoms with Gasteiger partial charge in [-0.3, -0.25) is 14.9 Å². The molecule has 1 heterocycles. The lowest BCUT2D eigenvalue weighted by atomic mass is 10.2. The second-order valence-electron chi connectivity index (χ2n) is 5.87. The van der Waals surface area contributed by atoms with Gasteiger partial charge in [0.1, 0.15) is 5.75 Å². The smallest absolute Gasteiger partial charge is 0.257 e. The van der Waals surface area contributed by atoms with E-state index in [0.717, 1.165) is 17.1 Å². The summed E-state index contributed by atoms with van der Waals surface area (Å²) >= 11 is 8.63. The van der Waals surface area contributed by atoms with Crippen molar-refractivity contribution in [3.63, 3.8) is 0 Å². The maximum atomic E-state index is 12.2. The van der Waals surface area contributed by atoms with Gasteiger partial charge in [-0.15, -0.1) is 23.1 Å². The molecular formula is C20H18ClN3O3S2. The molecule has 29 heavy (non-hydrogen) atoms. The van der Waals surface area contributed by atoms with Crippen molar-refractivity contribution in [1.29, 1.82) is 0 Å². The molecule has 9 heteroatoms. The van der Waals surface area contributed by atoms with Crippen LogP contribution >= 0.6 is 34.7 Å². The van der Waals surface area contributed by atoms with Crippen LogP contribution in [0.3, 0.4) is 0 Å². The highest BCUT2D eigenvalue weighted by atomic mass is 35.5. The summed E-state index contributed by atoms with van der Waals surface area (Å²) in [5.41, 5.74) is 2.04. The van der Waals surface area contributed by atoms with Crippen molar-refractivity contribution < 1.29 is 14.3 Å². The Hall–Kier alpha value is -2.55. The first kappa shape index (κ1) is 21.2. The Morgan fingerprint density at radius 1 is 1.10 bits per heavy atom. The first-order valence-corrected chi connectivity index (χ1v) is 11.0. The Morgan fingerprint density at radius 3 is 2.52 bits per heavy atom. The summed E-state index contributed by atoms with van der Waals surface area (Å²) in [7, 11) is 1.59. The van der Waals surface area contributed by atoms with Crippen LogP contribution in [0, 0.1) is 0 Å². The van der Waals surface area contributed by atoms with E-state index >= 15 is 0 Å². The Kier molecular flexibility index (Phi) is 7.51. The van der Waals surface area contributed by atoms with Crippen LogP contribution in [0.15, 0.2) is 53.9 Å². The molecule has 0 saturated heterocycles. The minimum Gasteiger partial charge on any atom is -0.497 e. The molecule has 150 valence electrons. The third kappa shape index (κ3) is 6.49. The van der Waals surface area contributed by atoms with Crippen molar-refractivity contribution in [2.75, 3.05) is 23.5 Å². The van der Waals surface area contributed by atoms with Crippen LogP contribution in [0.2, 0.25) is 5.02 Å². The molecule has 0 spiro atoms. The summed E-state index contributed by atoms with van der Waals surface area (Å²) in [5, 5.41) is 8.56. The van der Waals surface area contributed by atoms with E-state index in [1.165, 1.54) is 23.1 Å². The number of thiazole rings is 1. The van der Waals surface area contributed by atoms with Gasteiger partial charge in [-0.1, -0.05) is 11.6 Å². The Balaban J connectivity index is 1.43. The number of methoxy groups -OCH3 is 1. The van der Waals surface area contributed by atoms with E-state index in [9.17, 15) is 9.59 Å². The SMILES string of the molecule is COc1ccc(NC(=O)CSCc2csc(NC(=O)c3ccc(Cl)cc3)n2)cc1. The number of carbonyl (C=O) groups excluding carboxylic acids is 2. The number of nitrogens with zero attached hydrogens (tertiary/aromatic N) is 1. The molecule has 0 aliphatic rings. The number of benzene rings is 2. The van der Waals surface area contributed by atoms with Crippen molar-refractivity contribution in [2.24, 2.45) is 0 Å². The molecule has 6 nitrogen and oxygen atoms in total. The minimum absolute atomic E-state index is 0.0911. The number of hydrogen-bond donors (Lipinski definition) is 2. The number of carbonyl (C=O) groups is 2. The molecule has 0 unspecified atom stereocenters. The quantitative estimate of drug-likeness (QED) is 0.511. The number of nitrogens with one attached hydrogen (secondary N) is 2. The molecule has 0 aliphatic carbocycles. The number of ether oxygens (including phenoxy) is 1. The Bertz CT molecular complexity index is 975. The minimum atomic E-state index is -0.242. The number of thioether (sulfide) groups is 1. The maximum absolute atomic E-state index is 12.2. The number of anilines is 2. The number of hydrogen-bond acceptors (Lipinski definition) is 6. The van der Waals surface area contributed by atoms with Crippen LogP contribution in [-0.4, -0.2) is 29.7 Å². The lowest BCUT2D eigenvalue weighted by molar-refractivity contribution is -0.113. The van der Waals surface area contributed by atoms with E-state index in [-0.39, 0.29) is 11.8 Å². The number of rotatable bonds is 8. The predicted molar refractivity (Wildman–Crippen MR) is 119 cm³/mol. The van der Waals surface area contributed by atoms with Gasteiger partial charge in [0, 0.05) is 27.4 Å². The van der Waals surface area contributed by atoms with Crippen LogP contribution < -0.4 is 15.4 Å². The molecule has 0 bridgehead atoms. The van der Waals surface area contributed by atoms with E-state index in [1.807, 2.05) is 5.38 Å². The Morgan fingerprint density at radius 2 is 1.83 bits per heavy atom. The van der Waals surface area contributed by atoms with Gasteiger partial charge in [0.15, 0.2) is 5.13 Å². The van der Waals surface area contributed by atoms with Crippen molar-refractivity contribution in [3.8, 4) is 5.75 Å². The fourth-order valence-electron chi connectivity index (χ4n) is 2.32. The predicted octanol–water partition coefficient (Wildman–Crippen LogP) is 4.93. The highest BCUT2D eigenvalue weighted by Gasteiger charge is 2.10. The third-order valence-electron chi connectivity index (χ3n) is 3.74. The lowest BCUT2D eigenvalue weighted by Crippen LogP contribution is -2.14. The zero-order valence-electron chi connectivity index (χ0n) is 15.5. The first-order chi connectivity index (χ1) is 14.0. The molecule has 0 aliphatic heterocycles. The molecular weight excluding hydrogens is 430 g/mol. The van der Waals surface area contributed by atoms with Crippen molar-refractivity contribution >= 4 is 57.3 Å². The fraction of sp³-hybridized carbons (Fsp3) is 0.150. The summed E-state index contributed by atoms with van der Waals surface area (Å²) in [4.78, 5) is 28.6. The normalized spacial score (nSPS) is 10.4. The molecule has 0 fully saturated rings. The van der Waals surface area contributed by atoms with Gasteiger partial charge in [0.05, 0.1) is 18.6 Å². The molecule has 3 rings (SSSR count). The number of aromatic nitrogens is 1. The summed E-state index contributed by atoms with van der Waals surface area (Å²) in [6, 6.07) is 13.8. The van der Waals surface area contributed by atoms with E-state index in [2.05, 4.69) is 15.6 Å². The topological polar surface area (TPSA) is 80.3 Å². The highest BCUT2D eigenvalue weighted by molar-refractivity contribution is 7.99. The molecule has 2 amide bonds. The Labute approximate surface area is 181 Å². The second-order valence-corrected chi connectivity index (χ2v) is 8.15.